The second-order valence-electron chi connectivity index (χ2n) is 8.29. The molecule has 0 bridgehead atoms. The van der Waals surface area contributed by atoms with Crippen LogP contribution in [0.1, 0.15) is 36.5 Å². The molecule has 0 spiro atoms. The summed E-state index contributed by atoms with van der Waals surface area (Å²) < 4.78 is 8.92. The molecule has 3 aromatic heterocycles. The van der Waals surface area contributed by atoms with Crippen LogP contribution in [0.2, 0.25) is 0 Å². The molecule has 0 saturated carbocycles. The van der Waals surface area contributed by atoms with Gasteiger partial charge in [-0.15, -0.1) is 0 Å². The Bertz CT molecular complexity index is 1550. The van der Waals surface area contributed by atoms with Crippen LogP contribution in [-0.4, -0.2) is 24.4 Å². The Balaban J connectivity index is 1.42. The standard InChI is InChI=1S/C26H22N6O2/c1-17(2)23-24(30-25-19(12-27)13-29-32(25)26(23)33)20-14-28-31(16-20)15-18-8-10-22(11-9-18)34-21-6-4-3-5-7-21/h3-11,13-14,16-17,30H,15H2,1-2H3. The molecule has 0 aliphatic carbocycles. The van der Waals surface area contributed by atoms with E-state index in [1.807, 2.05) is 79.3 Å². The Morgan fingerprint density at radius 2 is 1.76 bits per heavy atom. The highest BCUT2D eigenvalue weighted by Gasteiger charge is 2.20. The number of H-pyrrole nitrogens is 1. The fourth-order valence-corrected chi connectivity index (χ4v) is 3.93. The van der Waals surface area contributed by atoms with Crippen molar-refractivity contribution in [1.29, 1.82) is 5.26 Å². The third-order valence-electron chi connectivity index (χ3n) is 5.57. The topological polar surface area (TPSA) is 101 Å². The zero-order chi connectivity index (χ0) is 23.7. The molecule has 5 aromatic rings. The van der Waals surface area contributed by atoms with E-state index in [2.05, 4.69) is 21.3 Å². The fraction of sp³-hybridized carbons (Fsp3) is 0.154. The number of hydrogen-bond acceptors (Lipinski definition) is 5. The summed E-state index contributed by atoms with van der Waals surface area (Å²) in [6.07, 6.45) is 5.02. The molecule has 34 heavy (non-hydrogen) atoms. The molecule has 0 amide bonds. The molecule has 2 aromatic carbocycles. The van der Waals surface area contributed by atoms with Crippen molar-refractivity contribution in [2.75, 3.05) is 0 Å². The van der Waals surface area contributed by atoms with Crippen molar-refractivity contribution in [2.24, 2.45) is 0 Å². The van der Waals surface area contributed by atoms with Crippen molar-refractivity contribution in [1.82, 2.24) is 24.4 Å². The van der Waals surface area contributed by atoms with Crippen LogP contribution in [0, 0.1) is 11.3 Å². The molecule has 1 N–H and O–H groups in total. The second kappa shape index (κ2) is 8.71. The van der Waals surface area contributed by atoms with Crippen molar-refractivity contribution in [2.45, 2.75) is 26.3 Å². The zero-order valence-corrected chi connectivity index (χ0v) is 18.8. The van der Waals surface area contributed by atoms with E-state index in [0.29, 0.717) is 29.0 Å². The molecular formula is C26H22N6O2. The summed E-state index contributed by atoms with van der Waals surface area (Å²) in [5, 5.41) is 17.9. The molecule has 8 nitrogen and oxygen atoms in total. The second-order valence-corrected chi connectivity index (χ2v) is 8.29. The predicted octanol–water partition coefficient (Wildman–Crippen LogP) is 4.72. The van der Waals surface area contributed by atoms with Crippen LogP contribution >= 0.6 is 0 Å². The van der Waals surface area contributed by atoms with E-state index in [-0.39, 0.29) is 11.5 Å². The minimum Gasteiger partial charge on any atom is -0.457 e. The largest absolute Gasteiger partial charge is 0.457 e. The van der Waals surface area contributed by atoms with Gasteiger partial charge >= 0.3 is 0 Å². The maximum Gasteiger partial charge on any atom is 0.278 e. The maximum absolute atomic E-state index is 13.1. The smallest absolute Gasteiger partial charge is 0.278 e. The lowest BCUT2D eigenvalue weighted by Crippen LogP contribution is -2.22. The van der Waals surface area contributed by atoms with E-state index >= 15 is 0 Å². The quantitative estimate of drug-likeness (QED) is 0.403. The molecule has 0 radical (unpaired) electrons. The Kier molecular flexibility index (Phi) is 5.44. The SMILES string of the molecule is CC(C)c1c(-c2cnn(Cc3ccc(Oc4ccccc4)cc3)c2)[nH]c2c(C#N)cnn2c1=O. The lowest BCUT2D eigenvalue weighted by molar-refractivity contribution is 0.482. The van der Waals surface area contributed by atoms with Gasteiger partial charge in [-0.05, 0) is 35.7 Å². The number of nitriles is 1. The first kappa shape index (κ1) is 21.2. The van der Waals surface area contributed by atoms with Gasteiger partial charge in [0, 0.05) is 17.3 Å². The zero-order valence-electron chi connectivity index (χ0n) is 18.8. The summed E-state index contributed by atoms with van der Waals surface area (Å²) in [6, 6.07) is 19.6. The minimum atomic E-state index is -0.234. The molecule has 168 valence electrons. The van der Waals surface area contributed by atoms with Crippen LogP contribution in [-0.2, 0) is 6.54 Å². The van der Waals surface area contributed by atoms with E-state index in [4.69, 9.17) is 4.74 Å². The van der Waals surface area contributed by atoms with Crippen molar-refractivity contribution in [3.05, 3.63) is 100 Å². The lowest BCUT2D eigenvalue weighted by Gasteiger charge is -2.11. The van der Waals surface area contributed by atoms with Gasteiger partial charge in [-0.3, -0.25) is 9.48 Å². The van der Waals surface area contributed by atoms with Crippen LogP contribution in [0.4, 0.5) is 0 Å². The van der Waals surface area contributed by atoms with E-state index in [9.17, 15) is 10.1 Å². The highest BCUT2D eigenvalue weighted by molar-refractivity contribution is 5.67. The normalized spacial score (nSPS) is 11.1. The molecule has 0 aliphatic rings. The van der Waals surface area contributed by atoms with Gasteiger partial charge in [0.1, 0.15) is 23.1 Å². The first-order valence-electron chi connectivity index (χ1n) is 10.9. The number of nitrogens with one attached hydrogen (secondary N) is 1. The van der Waals surface area contributed by atoms with Gasteiger partial charge in [-0.2, -0.15) is 20.0 Å². The molecule has 8 heteroatoms. The van der Waals surface area contributed by atoms with Gasteiger partial charge in [-0.25, -0.2) is 0 Å². The number of benzene rings is 2. The fourth-order valence-electron chi connectivity index (χ4n) is 3.93. The Hall–Kier alpha value is -4.64. The Morgan fingerprint density at radius 3 is 2.47 bits per heavy atom. The summed E-state index contributed by atoms with van der Waals surface area (Å²) in [6.45, 7) is 4.47. The Labute approximate surface area is 195 Å². The highest BCUT2D eigenvalue weighted by Crippen LogP contribution is 2.26. The van der Waals surface area contributed by atoms with E-state index in [1.54, 1.807) is 6.20 Å². The van der Waals surface area contributed by atoms with Gasteiger partial charge in [0.2, 0.25) is 0 Å². The summed E-state index contributed by atoms with van der Waals surface area (Å²) in [5.74, 6) is 1.51. The predicted molar refractivity (Wildman–Crippen MR) is 128 cm³/mol. The number of ether oxygens (including phenoxy) is 1. The van der Waals surface area contributed by atoms with E-state index in [0.717, 1.165) is 22.6 Å². The highest BCUT2D eigenvalue weighted by atomic mass is 16.5. The van der Waals surface area contributed by atoms with Crippen molar-refractivity contribution in [3.63, 3.8) is 0 Å². The van der Waals surface area contributed by atoms with Crippen molar-refractivity contribution < 1.29 is 4.74 Å². The molecule has 5 rings (SSSR count). The number of aromatic nitrogens is 5. The molecular weight excluding hydrogens is 428 g/mol. The van der Waals surface area contributed by atoms with Gasteiger partial charge in [0.05, 0.1) is 24.6 Å². The van der Waals surface area contributed by atoms with Gasteiger partial charge < -0.3 is 9.72 Å². The number of nitrogens with zero attached hydrogens (tertiary/aromatic N) is 5. The molecule has 0 saturated heterocycles. The van der Waals surface area contributed by atoms with E-state index < -0.39 is 0 Å². The van der Waals surface area contributed by atoms with Crippen LogP contribution in [0.5, 0.6) is 11.5 Å². The average Bonchev–Trinajstić information content (AvgIpc) is 3.47. The molecule has 0 atom stereocenters. The van der Waals surface area contributed by atoms with E-state index in [1.165, 1.54) is 10.7 Å². The average molecular weight is 451 g/mol. The van der Waals surface area contributed by atoms with Gasteiger partial charge in [0.15, 0.2) is 5.65 Å². The number of fused-ring (bicyclic) bond motifs is 1. The van der Waals surface area contributed by atoms with Crippen LogP contribution in [0.15, 0.2) is 78.0 Å². The van der Waals surface area contributed by atoms with Crippen LogP contribution < -0.4 is 10.3 Å². The Morgan fingerprint density at radius 1 is 1.03 bits per heavy atom. The number of rotatable bonds is 6. The lowest BCUT2D eigenvalue weighted by atomic mass is 10.00. The summed E-state index contributed by atoms with van der Waals surface area (Å²) in [4.78, 5) is 16.3. The number of para-hydroxylation sites is 1. The van der Waals surface area contributed by atoms with Crippen molar-refractivity contribution >= 4 is 5.65 Å². The molecule has 3 heterocycles. The van der Waals surface area contributed by atoms with Crippen molar-refractivity contribution in [3.8, 4) is 28.8 Å². The third-order valence-corrected chi connectivity index (χ3v) is 5.57. The van der Waals surface area contributed by atoms with Crippen LogP contribution in [0.3, 0.4) is 0 Å². The first-order valence-corrected chi connectivity index (χ1v) is 10.9. The molecule has 0 fully saturated rings. The summed E-state index contributed by atoms with van der Waals surface area (Å²) >= 11 is 0. The minimum absolute atomic E-state index is 0.0432. The number of hydrogen-bond donors (Lipinski definition) is 1. The maximum atomic E-state index is 13.1. The first-order chi connectivity index (χ1) is 16.5. The number of aromatic amines is 1. The summed E-state index contributed by atoms with van der Waals surface area (Å²) in [5.41, 5.74) is 3.56. The molecule has 0 unspecified atom stereocenters. The van der Waals surface area contributed by atoms with Gasteiger partial charge in [-0.1, -0.05) is 44.2 Å². The third kappa shape index (κ3) is 3.95. The summed E-state index contributed by atoms with van der Waals surface area (Å²) in [7, 11) is 0. The van der Waals surface area contributed by atoms with Crippen LogP contribution in [0.25, 0.3) is 16.9 Å². The monoisotopic (exact) mass is 450 g/mol. The molecule has 0 aliphatic heterocycles. The van der Waals surface area contributed by atoms with Gasteiger partial charge in [0.25, 0.3) is 5.56 Å².